The molecule has 0 saturated carbocycles. The minimum atomic E-state index is 0.254. The molecule has 2 N–H and O–H groups in total. The summed E-state index contributed by atoms with van der Waals surface area (Å²) in [5, 5.41) is 12.5. The van der Waals surface area contributed by atoms with Gasteiger partial charge in [0.2, 0.25) is 0 Å². The van der Waals surface area contributed by atoms with E-state index in [9.17, 15) is 0 Å². The fourth-order valence-corrected chi connectivity index (χ4v) is 2.37. The third-order valence-corrected chi connectivity index (χ3v) is 3.69. The quantitative estimate of drug-likeness (QED) is 0.832. The Morgan fingerprint density at radius 2 is 2.12 bits per heavy atom. The molecule has 0 unspecified atom stereocenters. The van der Waals surface area contributed by atoms with Crippen LogP contribution in [0.25, 0.3) is 0 Å². The smallest absolute Gasteiger partial charge is 0.0494 e. The van der Waals surface area contributed by atoms with Crippen molar-refractivity contribution in [1.29, 1.82) is 0 Å². The molecule has 0 spiro atoms. The monoisotopic (exact) mass is 281 g/mol. The zero-order chi connectivity index (χ0) is 11.4. The van der Waals surface area contributed by atoms with E-state index in [1.165, 1.54) is 5.56 Å². The van der Waals surface area contributed by atoms with Crippen LogP contribution in [0.4, 0.5) is 0 Å². The molecule has 3 heteroatoms. The molecule has 2 rings (SSSR count). The van der Waals surface area contributed by atoms with E-state index in [1.807, 2.05) is 12.1 Å². The minimum absolute atomic E-state index is 0.254. The zero-order valence-corrected chi connectivity index (χ0v) is 10.7. The molecular formula is C13H16BrNO. The summed E-state index contributed by atoms with van der Waals surface area (Å²) in [4.78, 5) is 0. The third kappa shape index (κ3) is 2.94. The van der Waals surface area contributed by atoms with Gasteiger partial charge in [-0.25, -0.2) is 0 Å². The van der Waals surface area contributed by atoms with Gasteiger partial charge in [0, 0.05) is 29.6 Å². The Morgan fingerprint density at radius 1 is 1.31 bits per heavy atom. The molecule has 0 aromatic heterocycles. The summed E-state index contributed by atoms with van der Waals surface area (Å²) < 4.78 is 1.14. The minimum Gasteiger partial charge on any atom is -0.396 e. The molecule has 0 radical (unpaired) electrons. The molecule has 2 nitrogen and oxygen atoms in total. The lowest BCUT2D eigenvalue weighted by Crippen LogP contribution is -2.26. The second kappa shape index (κ2) is 5.62. The highest BCUT2D eigenvalue weighted by Crippen LogP contribution is 2.19. The average molecular weight is 282 g/mol. The van der Waals surface area contributed by atoms with Gasteiger partial charge >= 0.3 is 0 Å². The highest BCUT2D eigenvalue weighted by Gasteiger charge is 2.17. The Kier molecular flexibility index (Phi) is 4.16. The third-order valence-electron chi connectivity index (χ3n) is 2.92. The molecule has 86 valence electrons. The predicted molar refractivity (Wildman–Crippen MR) is 69.1 cm³/mol. The van der Waals surface area contributed by atoms with Crippen molar-refractivity contribution in [2.45, 2.75) is 19.0 Å². The van der Waals surface area contributed by atoms with Crippen molar-refractivity contribution < 1.29 is 5.11 Å². The van der Waals surface area contributed by atoms with Crippen LogP contribution in [0.1, 0.15) is 12.0 Å². The van der Waals surface area contributed by atoms with Crippen LogP contribution in [0, 0.1) is 5.92 Å². The second-order valence-corrected chi connectivity index (χ2v) is 5.00. The van der Waals surface area contributed by atoms with E-state index < -0.39 is 0 Å². The molecular weight excluding hydrogens is 266 g/mol. The maximum absolute atomic E-state index is 9.03. The van der Waals surface area contributed by atoms with E-state index in [0.29, 0.717) is 12.0 Å². The van der Waals surface area contributed by atoms with Crippen molar-refractivity contribution in [3.05, 3.63) is 46.5 Å². The largest absolute Gasteiger partial charge is 0.396 e. The van der Waals surface area contributed by atoms with Crippen LogP contribution in [0.3, 0.4) is 0 Å². The summed E-state index contributed by atoms with van der Waals surface area (Å²) in [5.74, 6) is 0.330. The number of aliphatic hydroxyl groups excluding tert-OH is 1. The number of halogens is 1. The van der Waals surface area contributed by atoms with E-state index in [1.54, 1.807) is 0 Å². The molecule has 1 aliphatic rings. The Bertz CT molecular complexity index is 378. The SMILES string of the molecule is OC[C@H]1C=C[C@@H](NCc2ccccc2Br)C1. The Morgan fingerprint density at radius 3 is 2.81 bits per heavy atom. The zero-order valence-electron chi connectivity index (χ0n) is 9.07. The van der Waals surface area contributed by atoms with E-state index >= 15 is 0 Å². The summed E-state index contributed by atoms with van der Waals surface area (Å²) >= 11 is 3.53. The van der Waals surface area contributed by atoms with Crippen molar-refractivity contribution in [3.8, 4) is 0 Å². The van der Waals surface area contributed by atoms with Crippen LogP contribution in [-0.2, 0) is 6.54 Å². The number of benzene rings is 1. The van der Waals surface area contributed by atoms with Crippen molar-refractivity contribution in [3.63, 3.8) is 0 Å². The van der Waals surface area contributed by atoms with Gasteiger partial charge in [0.25, 0.3) is 0 Å². The number of hydrogen-bond acceptors (Lipinski definition) is 2. The van der Waals surface area contributed by atoms with Crippen molar-refractivity contribution >= 4 is 15.9 Å². The Hall–Kier alpha value is -0.640. The second-order valence-electron chi connectivity index (χ2n) is 4.14. The Labute approximate surface area is 105 Å². The van der Waals surface area contributed by atoms with Crippen molar-refractivity contribution in [1.82, 2.24) is 5.32 Å². The molecule has 0 fully saturated rings. The van der Waals surface area contributed by atoms with Gasteiger partial charge in [-0.3, -0.25) is 0 Å². The molecule has 0 heterocycles. The molecule has 0 aliphatic heterocycles. The van der Waals surface area contributed by atoms with Gasteiger partial charge in [-0.2, -0.15) is 0 Å². The summed E-state index contributed by atoms with van der Waals surface area (Å²) in [6, 6.07) is 8.62. The first kappa shape index (κ1) is 11.8. The van der Waals surface area contributed by atoms with Crippen molar-refractivity contribution in [2.75, 3.05) is 6.61 Å². The fourth-order valence-electron chi connectivity index (χ4n) is 1.94. The van der Waals surface area contributed by atoms with Crippen LogP contribution < -0.4 is 5.32 Å². The molecule has 1 aromatic carbocycles. The lowest BCUT2D eigenvalue weighted by molar-refractivity contribution is 0.246. The summed E-state index contributed by atoms with van der Waals surface area (Å²) in [6.45, 7) is 1.11. The summed E-state index contributed by atoms with van der Waals surface area (Å²) in [5.41, 5.74) is 1.27. The molecule has 0 bridgehead atoms. The van der Waals surface area contributed by atoms with Crippen LogP contribution in [0.5, 0.6) is 0 Å². The van der Waals surface area contributed by atoms with Gasteiger partial charge in [0.05, 0.1) is 0 Å². The molecule has 0 amide bonds. The Balaban J connectivity index is 1.85. The summed E-state index contributed by atoms with van der Waals surface area (Å²) in [6.07, 6.45) is 5.25. The molecule has 0 saturated heterocycles. The topological polar surface area (TPSA) is 32.3 Å². The van der Waals surface area contributed by atoms with E-state index in [4.69, 9.17) is 5.11 Å². The van der Waals surface area contributed by atoms with E-state index in [-0.39, 0.29) is 6.61 Å². The first-order chi connectivity index (χ1) is 7.79. The molecule has 16 heavy (non-hydrogen) atoms. The summed E-state index contributed by atoms with van der Waals surface area (Å²) in [7, 11) is 0. The van der Waals surface area contributed by atoms with Gasteiger partial charge in [-0.1, -0.05) is 46.3 Å². The van der Waals surface area contributed by atoms with Crippen LogP contribution in [0.2, 0.25) is 0 Å². The van der Waals surface area contributed by atoms with Gasteiger partial charge in [-0.05, 0) is 18.1 Å². The number of rotatable bonds is 4. The molecule has 1 aromatic rings. The number of hydrogen-bond donors (Lipinski definition) is 2. The lowest BCUT2D eigenvalue weighted by Gasteiger charge is -2.13. The standard InChI is InChI=1S/C13H16BrNO/c14-13-4-2-1-3-11(13)8-15-12-6-5-10(7-12)9-16/h1-6,10,12,15-16H,7-9H2/t10-,12+/m0/s1. The maximum Gasteiger partial charge on any atom is 0.0494 e. The molecule has 2 atom stereocenters. The van der Waals surface area contributed by atoms with Gasteiger partial charge in [0.1, 0.15) is 0 Å². The van der Waals surface area contributed by atoms with Gasteiger partial charge in [-0.15, -0.1) is 0 Å². The van der Waals surface area contributed by atoms with Gasteiger partial charge in [0.15, 0.2) is 0 Å². The van der Waals surface area contributed by atoms with E-state index in [0.717, 1.165) is 17.4 Å². The van der Waals surface area contributed by atoms with Crippen molar-refractivity contribution in [2.24, 2.45) is 5.92 Å². The first-order valence-electron chi connectivity index (χ1n) is 5.55. The number of aliphatic hydroxyl groups is 1. The number of nitrogens with one attached hydrogen (secondary N) is 1. The van der Waals surface area contributed by atoms with Crippen LogP contribution in [0.15, 0.2) is 40.9 Å². The first-order valence-corrected chi connectivity index (χ1v) is 6.35. The molecule has 1 aliphatic carbocycles. The highest BCUT2D eigenvalue weighted by molar-refractivity contribution is 9.10. The maximum atomic E-state index is 9.03. The predicted octanol–water partition coefficient (Wildman–Crippen LogP) is 2.48. The average Bonchev–Trinajstić information content (AvgIpc) is 2.76. The lowest BCUT2D eigenvalue weighted by atomic mass is 10.1. The highest BCUT2D eigenvalue weighted by atomic mass is 79.9. The van der Waals surface area contributed by atoms with E-state index in [2.05, 4.69) is 45.5 Å². The normalized spacial score (nSPS) is 23.9. The van der Waals surface area contributed by atoms with Crippen LogP contribution in [-0.4, -0.2) is 17.8 Å². The fraction of sp³-hybridized carbons (Fsp3) is 0.385. The van der Waals surface area contributed by atoms with Gasteiger partial charge < -0.3 is 10.4 Å². The van der Waals surface area contributed by atoms with Crippen LogP contribution >= 0.6 is 15.9 Å².